The number of pyridine rings is 1. The lowest BCUT2D eigenvalue weighted by molar-refractivity contribution is -0.677. The maximum Gasteiger partial charge on any atom is 0.178 e. The first-order valence-corrected chi connectivity index (χ1v) is 5.98. The lowest BCUT2D eigenvalue weighted by atomic mass is 9.85. The first kappa shape index (κ1) is 8.32. The van der Waals surface area contributed by atoms with Crippen molar-refractivity contribution in [3.8, 4) is 0 Å². The van der Waals surface area contributed by atoms with Gasteiger partial charge in [-0.2, -0.15) is 0 Å². The van der Waals surface area contributed by atoms with Crippen LogP contribution in [0.5, 0.6) is 0 Å². The molecule has 1 fully saturated rings. The summed E-state index contributed by atoms with van der Waals surface area (Å²) < 4.78 is 18.8. The fourth-order valence-corrected chi connectivity index (χ4v) is 2.26. The van der Waals surface area contributed by atoms with E-state index in [1.807, 2.05) is 36.9 Å². The van der Waals surface area contributed by atoms with E-state index in [1.54, 1.807) is 0 Å². The molecule has 1 aromatic heterocycles. The van der Waals surface area contributed by atoms with E-state index in [-0.39, 0.29) is 5.92 Å². The van der Waals surface area contributed by atoms with E-state index < -0.39 is 6.37 Å². The van der Waals surface area contributed by atoms with Crippen molar-refractivity contribution in [1.29, 1.82) is 0 Å². The summed E-state index contributed by atoms with van der Waals surface area (Å²) in [7, 11) is 2.00. The van der Waals surface area contributed by atoms with Gasteiger partial charge in [0.2, 0.25) is 0 Å². The Balaban J connectivity index is 2.26. The van der Waals surface area contributed by atoms with Crippen molar-refractivity contribution in [2.45, 2.75) is 45.4 Å². The van der Waals surface area contributed by atoms with Gasteiger partial charge in [-0.3, -0.25) is 0 Å². The van der Waals surface area contributed by atoms with Gasteiger partial charge in [-0.15, -0.1) is 0 Å². The predicted molar refractivity (Wildman–Crippen MR) is 62.6 cm³/mol. The highest BCUT2D eigenvalue weighted by Crippen LogP contribution is 2.26. The molecule has 15 heavy (non-hydrogen) atoms. The highest BCUT2D eigenvalue weighted by molar-refractivity contribution is 5.12. The first-order chi connectivity index (χ1) is 8.01. The van der Waals surface area contributed by atoms with Crippen LogP contribution in [0.2, 0.25) is 0 Å². The summed E-state index contributed by atoms with van der Waals surface area (Å²) in [6.07, 6.45) is 6.51. The normalized spacial score (nSPS) is 20.9. The maximum atomic E-state index is 8.39. The smallest absolute Gasteiger partial charge is 0.178 e. The first-order valence-electron chi connectivity index (χ1n) is 6.98. The molecule has 2 rings (SSSR count). The van der Waals surface area contributed by atoms with Crippen molar-refractivity contribution < 1.29 is 7.31 Å². The van der Waals surface area contributed by atoms with Crippen LogP contribution >= 0.6 is 0 Å². The van der Waals surface area contributed by atoms with Crippen LogP contribution < -0.4 is 4.57 Å². The highest BCUT2D eigenvalue weighted by Gasteiger charge is 2.14. The van der Waals surface area contributed by atoms with Crippen molar-refractivity contribution in [3.63, 3.8) is 0 Å². The number of hydrogen-bond acceptors (Lipinski definition) is 0. The summed E-state index contributed by atoms with van der Waals surface area (Å²) in [6.45, 7) is 2.03. The predicted octanol–water partition coefficient (Wildman–Crippen LogP) is 2.94. The van der Waals surface area contributed by atoms with E-state index in [0.717, 1.165) is 24.1 Å². The molecule has 0 amide bonds. The molecule has 0 aliphatic heterocycles. The Morgan fingerprint density at radius 2 is 2.13 bits per heavy atom. The van der Waals surface area contributed by atoms with Gasteiger partial charge in [0.25, 0.3) is 0 Å². The number of rotatable bonds is 2. The average Bonchev–Trinajstić information content (AvgIpc) is 2.33. The van der Waals surface area contributed by atoms with Gasteiger partial charge in [0.05, 0.1) is 0 Å². The lowest BCUT2D eigenvalue weighted by Crippen LogP contribution is -2.31. The van der Waals surface area contributed by atoms with Gasteiger partial charge in [-0.05, 0) is 17.9 Å². The summed E-state index contributed by atoms with van der Waals surface area (Å²) in [5, 5.41) is 0. The number of nitrogens with zero attached hydrogens (tertiary/aromatic N) is 1. The maximum absolute atomic E-state index is 8.39. The molecule has 1 heteroatoms. The zero-order valence-corrected chi connectivity index (χ0v) is 9.79. The molecule has 1 aliphatic carbocycles. The van der Waals surface area contributed by atoms with Crippen molar-refractivity contribution in [1.82, 2.24) is 0 Å². The van der Waals surface area contributed by atoms with Gasteiger partial charge < -0.3 is 0 Å². The van der Waals surface area contributed by atoms with Crippen LogP contribution in [0, 0.1) is 12.8 Å². The highest BCUT2D eigenvalue weighted by atomic mass is 14.9. The minimum absolute atomic E-state index is 0.198. The fourth-order valence-electron chi connectivity index (χ4n) is 2.26. The third-order valence-corrected chi connectivity index (χ3v) is 3.37. The van der Waals surface area contributed by atoms with Gasteiger partial charge in [0.1, 0.15) is 7.05 Å². The monoisotopic (exact) mass is 206 g/mol. The summed E-state index contributed by atoms with van der Waals surface area (Å²) in [6, 6.07) is 3.93. The molecule has 0 N–H and O–H groups in total. The number of aromatic nitrogens is 1. The number of aryl methyl sites for hydroxylation is 2. The van der Waals surface area contributed by atoms with Crippen LogP contribution in [0.3, 0.4) is 0 Å². The zero-order valence-electron chi connectivity index (χ0n) is 11.8. The van der Waals surface area contributed by atoms with Crippen molar-refractivity contribution in [3.05, 3.63) is 29.6 Å². The molecular weight excluding hydrogens is 182 g/mol. The lowest BCUT2D eigenvalue weighted by Gasteiger charge is -2.21. The van der Waals surface area contributed by atoms with Crippen molar-refractivity contribution >= 4 is 0 Å². The van der Waals surface area contributed by atoms with E-state index in [2.05, 4.69) is 0 Å². The van der Waals surface area contributed by atoms with Crippen LogP contribution in [0.1, 0.15) is 46.1 Å². The Morgan fingerprint density at radius 3 is 2.80 bits per heavy atom. The van der Waals surface area contributed by atoms with E-state index in [9.17, 15) is 0 Å². The second kappa shape index (κ2) is 4.78. The van der Waals surface area contributed by atoms with Gasteiger partial charge in [0, 0.05) is 21.8 Å². The van der Waals surface area contributed by atoms with E-state index in [0.29, 0.717) is 0 Å². The van der Waals surface area contributed by atoms with Crippen molar-refractivity contribution in [2.75, 3.05) is 0 Å². The van der Waals surface area contributed by atoms with Crippen LogP contribution in [-0.2, 0) is 13.4 Å². The SMILES string of the molecule is [2H]C([2H])(c1cc[n+](C)c(C)c1)C1CCCCC1. The third-order valence-electron chi connectivity index (χ3n) is 3.37. The minimum atomic E-state index is -1.17. The Bertz CT molecular complexity index is 395. The molecule has 0 saturated heterocycles. The Kier molecular flexibility index (Phi) is 2.65. The van der Waals surface area contributed by atoms with Gasteiger partial charge in [-0.1, -0.05) is 32.1 Å². The molecule has 0 unspecified atom stereocenters. The molecule has 1 aliphatic rings. The molecule has 0 bridgehead atoms. The van der Waals surface area contributed by atoms with Crippen LogP contribution in [-0.4, -0.2) is 0 Å². The second-order valence-electron chi connectivity index (χ2n) is 4.65. The molecule has 82 valence electrons. The zero-order chi connectivity index (χ0) is 12.5. The molecule has 1 nitrogen and oxygen atoms in total. The van der Waals surface area contributed by atoms with Crippen molar-refractivity contribution in [2.24, 2.45) is 13.0 Å². The summed E-state index contributed by atoms with van der Waals surface area (Å²) >= 11 is 0. The average molecular weight is 206 g/mol. The largest absolute Gasteiger partial charge is 0.205 e. The van der Waals surface area contributed by atoms with Gasteiger partial charge in [-0.25, -0.2) is 4.57 Å². The Hall–Kier alpha value is -0.850. The summed E-state index contributed by atoms with van der Waals surface area (Å²) in [4.78, 5) is 0. The fraction of sp³-hybridized carbons (Fsp3) is 0.643. The summed E-state index contributed by atoms with van der Waals surface area (Å²) in [5.74, 6) is 0.198. The number of hydrogen-bond donors (Lipinski definition) is 0. The molecule has 1 heterocycles. The van der Waals surface area contributed by atoms with E-state index in [4.69, 9.17) is 2.74 Å². The molecule has 0 aromatic carbocycles. The molecule has 0 spiro atoms. The Morgan fingerprint density at radius 1 is 1.40 bits per heavy atom. The molecule has 1 aromatic rings. The standard InChI is InChI=1S/C14H22N/c1-12-10-14(8-9-15(12)2)11-13-6-4-3-5-7-13/h8-10,13H,3-7,11H2,1-2H3/q+1/i11D2. The van der Waals surface area contributed by atoms with Gasteiger partial charge >= 0.3 is 0 Å². The molecule has 0 radical (unpaired) electrons. The van der Waals surface area contributed by atoms with E-state index in [1.165, 1.54) is 19.3 Å². The third kappa shape index (κ3) is 2.80. The van der Waals surface area contributed by atoms with Crippen LogP contribution in [0.4, 0.5) is 0 Å². The van der Waals surface area contributed by atoms with Crippen LogP contribution in [0.15, 0.2) is 18.3 Å². The minimum Gasteiger partial charge on any atom is -0.205 e. The topological polar surface area (TPSA) is 3.88 Å². The van der Waals surface area contributed by atoms with E-state index >= 15 is 0 Å². The molecule has 0 atom stereocenters. The second-order valence-corrected chi connectivity index (χ2v) is 4.65. The Labute approximate surface area is 95.9 Å². The van der Waals surface area contributed by atoms with Gasteiger partial charge in [0.15, 0.2) is 11.9 Å². The summed E-state index contributed by atoms with van der Waals surface area (Å²) in [5.41, 5.74) is 1.96. The molecule has 1 saturated carbocycles. The van der Waals surface area contributed by atoms with Crippen LogP contribution in [0.25, 0.3) is 0 Å². The molecular formula is C14H22N+. The quantitative estimate of drug-likeness (QED) is 0.655.